The van der Waals surface area contributed by atoms with Crippen molar-refractivity contribution in [2.45, 2.75) is 25.4 Å². The zero-order chi connectivity index (χ0) is 15.6. The number of nitro benzene ring substituents is 1. The Balaban J connectivity index is 2.29. The normalized spacial score (nSPS) is 21.0. The van der Waals surface area contributed by atoms with Crippen molar-refractivity contribution in [3.05, 3.63) is 33.9 Å². The number of nitrogens with one attached hydrogen (secondary N) is 1. The summed E-state index contributed by atoms with van der Waals surface area (Å²) in [6, 6.07) is 3.32. The molecule has 2 N–H and O–H groups in total. The Bertz CT molecular complexity index is 607. The Morgan fingerprint density at radius 2 is 2.19 bits per heavy atom. The molecule has 8 nitrogen and oxygen atoms in total. The van der Waals surface area contributed by atoms with Gasteiger partial charge in [0.2, 0.25) is 0 Å². The number of hydrogen-bond acceptors (Lipinski definition) is 5. The number of amides is 1. The Hall–Kier alpha value is -2.48. The topological polar surface area (TPSA) is 119 Å². The molecule has 0 aliphatic carbocycles. The second-order valence-corrected chi connectivity index (χ2v) is 4.93. The van der Waals surface area contributed by atoms with Gasteiger partial charge < -0.3 is 15.2 Å². The van der Waals surface area contributed by atoms with Gasteiger partial charge in [-0.15, -0.1) is 0 Å². The zero-order valence-electron chi connectivity index (χ0n) is 11.3. The highest BCUT2D eigenvalue weighted by Crippen LogP contribution is 2.30. The maximum atomic E-state index is 12.2. The number of ether oxygens (including phenoxy) is 1. The second-order valence-electron chi connectivity index (χ2n) is 4.93. The molecule has 0 radical (unpaired) electrons. The van der Waals surface area contributed by atoms with Crippen LogP contribution in [0.25, 0.3) is 0 Å². The van der Waals surface area contributed by atoms with Gasteiger partial charge in [0, 0.05) is 12.7 Å². The molecule has 1 atom stereocenters. The Labute approximate surface area is 119 Å². The number of aromatic carboxylic acids is 1. The van der Waals surface area contributed by atoms with Crippen LogP contribution in [0, 0.1) is 10.1 Å². The van der Waals surface area contributed by atoms with Crippen LogP contribution in [0.15, 0.2) is 18.2 Å². The number of carboxylic acid groups (broad SMARTS) is 1. The summed E-state index contributed by atoms with van der Waals surface area (Å²) in [5.41, 5.74) is -1.75. The van der Waals surface area contributed by atoms with Crippen LogP contribution in [-0.2, 0) is 9.53 Å². The first kappa shape index (κ1) is 14.9. The molecule has 1 aromatic rings. The third-order valence-electron chi connectivity index (χ3n) is 3.39. The monoisotopic (exact) mass is 294 g/mol. The molecule has 1 fully saturated rings. The third-order valence-corrected chi connectivity index (χ3v) is 3.39. The molecule has 0 spiro atoms. The van der Waals surface area contributed by atoms with Crippen molar-refractivity contribution in [3.63, 3.8) is 0 Å². The number of nitro groups is 1. The van der Waals surface area contributed by atoms with Crippen molar-refractivity contribution < 1.29 is 24.4 Å². The molecule has 0 bridgehead atoms. The van der Waals surface area contributed by atoms with Gasteiger partial charge in [0.15, 0.2) is 0 Å². The number of rotatable bonds is 4. The molecule has 1 amide bonds. The first-order chi connectivity index (χ1) is 9.83. The van der Waals surface area contributed by atoms with E-state index < -0.39 is 28.1 Å². The van der Waals surface area contributed by atoms with Crippen LogP contribution >= 0.6 is 0 Å². The highest BCUT2D eigenvalue weighted by molar-refractivity contribution is 5.99. The van der Waals surface area contributed by atoms with Gasteiger partial charge in [-0.3, -0.25) is 14.9 Å². The number of anilines is 1. The predicted molar refractivity (Wildman–Crippen MR) is 72.3 cm³/mol. The van der Waals surface area contributed by atoms with Crippen LogP contribution in [0.3, 0.4) is 0 Å². The number of carbonyl (C=O) groups excluding carboxylic acids is 1. The maximum Gasteiger partial charge on any atom is 0.335 e. The average Bonchev–Trinajstić information content (AvgIpc) is 2.87. The lowest BCUT2D eigenvalue weighted by molar-refractivity contribution is -0.384. The molecular formula is C13H14N2O6. The summed E-state index contributed by atoms with van der Waals surface area (Å²) in [5.74, 6) is -1.76. The predicted octanol–water partition coefficient (Wildman–Crippen LogP) is 1.80. The third kappa shape index (κ3) is 3.00. The number of benzene rings is 1. The van der Waals surface area contributed by atoms with E-state index in [4.69, 9.17) is 9.84 Å². The fourth-order valence-corrected chi connectivity index (χ4v) is 2.13. The van der Waals surface area contributed by atoms with Gasteiger partial charge in [0.05, 0.1) is 10.5 Å². The summed E-state index contributed by atoms with van der Waals surface area (Å²) in [4.78, 5) is 33.3. The Morgan fingerprint density at radius 1 is 1.48 bits per heavy atom. The van der Waals surface area contributed by atoms with Crippen LogP contribution in [0.2, 0.25) is 0 Å². The summed E-state index contributed by atoms with van der Waals surface area (Å²) < 4.78 is 5.36. The summed E-state index contributed by atoms with van der Waals surface area (Å²) in [5, 5.41) is 22.3. The molecule has 0 saturated carbocycles. The largest absolute Gasteiger partial charge is 0.478 e. The van der Waals surface area contributed by atoms with E-state index >= 15 is 0 Å². The van der Waals surface area contributed by atoms with Crippen molar-refractivity contribution in [2.24, 2.45) is 0 Å². The molecule has 1 unspecified atom stereocenters. The van der Waals surface area contributed by atoms with Gasteiger partial charge in [-0.1, -0.05) is 0 Å². The second kappa shape index (κ2) is 5.49. The van der Waals surface area contributed by atoms with E-state index in [1.807, 2.05) is 0 Å². The fourth-order valence-electron chi connectivity index (χ4n) is 2.13. The van der Waals surface area contributed by atoms with Crippen LogP contribution in [-0.4, -0.2) is 34.1 Å². The summed E-state index contributed by atoms with van der Waals surface area (Å²) >= 11 is 0. The van der Waals surface area contributed by atoms with Crippen molar-refractivity contribution in [3.8, 4) is 0 Å². The van der Waals surface area contributed by atoms with Gasteiger partial charge in [-0.25, -0.2) is 4.79 Å². The van der Waals surface area contributed by atoms with Crippen molar-refractivity contribution in [1.82, 2.24) is 0 Å². The van der Waals surface area contributed by atoms with Gasteiger partial charge >= 0.3 is 5.97 Å². The highest BCUT2D eigenvalue weighted by atomic mass is 16.6. The van der Waals surface area contributed by atoms with E-state index in [9.17, 15) is 19.7 Å². The van der Waals surface area contributed by atoms with Crippen LogP contribution < -0.4 is 5.32 Å². The number of nitrogens with zero attached hydrogens (tertiary/aromatic N) is 1. The average molecular weight is 294 g/mol. The molecule has 0 aromatic heterocycles. The van der Waals surface area contributed by atoms with Gasteiger partial charge in [0.1, 0.15) is 11.3 Å². The molecule has 21 heavy (non-hydrogen) atoms. The molecule has 8 heteroatoms. The van der Waals surface area contributed by atoms with Crippen molar-refractivity contribution >= 4 is 23.3 Å². The minimum absolute atomic E-state index is 0.0493. The molecule has 1 aliphatic heterocycles. The van der Waals surface area contributed by atoms with E-state index in [0.29, 0.717) is 13.0 Å². The SMILES string of the molecule is CC1(C(=O)Nc2ccc(C(=O)O)cc2[N+](=O)[O-])CCCO1. The molecule has 1 heterocycles. The molecule has 1 saturated heterocycles. The molecule has 1 aliphatic rings. The van der Waals surface area contributed by atoms with Gasteiger partial charge in [0.25, 0.3) is 11.6 Å². The van der Waals surface area contributed by atoms with E-state index in [1.165, 1.54) is 12.1 Å². The quantitative estimate of drug-likeness (QED) is 0.645. The molecule has 2 rings (SSSR count). The van der Waals surface area contributed by atoms with Crippen LogP contribution in [0.1, 0.15) is 30.1 Å². The first-order valence-corrected chi connectivity index (χ1v) is 6.30. The minimum Gasteiger partial charge on any atom is -0.478 e. The number of carbonyl (C=O) groups is 2. The smallest absolute Gasteiger partial charge is 0.335 e. The van der Waals surface area contributed by atoms with Crippen LogP contribution in [0.4, 0.5) is 11.4 Å². The fraction of sp³-hybridized carbons (Fsp3) is 0.385. The molecule has 112 valence electrons. The van der Waals surface area contributed by atoms with Crippen molar-refractivity contribution in [2.75, 3.05) is 11.9 Å². The Kier molecular flexibility index (Phi) is 3.90. The van der Waals surface area contributed by atoms with Gasteiger partial charge in [-0.05, 0) is 31.9 Å². The van der Waals surface area contributed by atoms with Crippen LogP contribution in [0.5, 0.6) is 0 Å². The maximum absolute atomic E-state index is 12.2. The lowest BCUT2D eigenvalue weighted by Crippen LogP contribution is -2.39. The lowest BCUT2D eigenvalue weighted by atomic mass is 10.0. The Morgan fingerprint density at radius 3 is 2.71 bits per heavy atom. The minimum atomic E-state index is -1.28. The van der Waals surface area contributed by atoms with E-state index in [-0.39, 0.29) is 11.3 Å². The van der Waals surface area contributed by atoms with E-state index in [2.05, 4.69) is 5.32 Å². The summed E-state index contributed by atoms with van der Waals surface area (Å²) in [6.45, 7) is 2.08. The number of hydrogen-bond donors (Lipinski definition) is 2. The molecular weight excluding hydrogens is 280 g/mol. The highest BCUT2D eigenvalue weighted by Gasteiger charge is 2.38. The summed E-state index contributed by atoms with van der Waals surface area (Å²) in [7, 11) is 0. The lowest BCUT2D eigenvalue weighted by Gasteiger charge is -2.21. The molecule has 1 aromatic carbocycles. The van der Waals surface area contributed by atoms with Crippen molar-refractivity contribution in [1.29, 1.82) is 0 Å². The first-order valence-electron chi connectivity index (χ1n) is 6.30. The number of carboxylic acids is 1. The zero-order valence-corrected chi connectivity index (χ0v) is 11.3. The van der Waals surface area contributed by atoms with E-state index in [0.717, 1.165) is 12.5 Å². The van der Waals surface area contributed by atoms with E-state index in [1.54, 1.807) is 6.92 Å². The van der Waals surface area contributed by atoms with Gasteiger partial charge in [-0.2, -0.15) is 0 Å². The standard InChI is InChI=1S/C13H14N2O6/c1-13(5-2-6-21-13)12(18)14-9-4-3-8(11(16)17)7-10(9)15(19)20/h3-4,7H,2,5-6H2,1H3,(H,14,18)(H,16,17). The summed E-state index contributed by atoms with van der Waals surface area (Å²) in [6.07, 6.45) is 1.27.